The van der Waals surface area contributed by atoms with Crippen LogP contribution >= 0.6 is 0 Å². The maximum absolute atomic E-state index is 14.0. The smallest absolute Gasteiger partial charge is 0.270 e. The van der Waals surface area contributed by atoms with Gasteiger partial charge in [-0.15, -0.1) is 0 Å². The van der Waals surface area contributed by atoms with E-state index in [4.69, 9.17) is 4.74 Å². The molecule has 0 aliphatic carbocycles. The van der Waals surface area contributed by atoms with Crippen molar-refractivity contribution in [1.29, 1.82) is 0 Å². The van der Waals surface area contributed by atoms with E-state index in [2.05, 4.69) is 27.1 Å². The lowest BCUT2D eigenvalue weighted by molar-refractivity contribution is 0.0930. The van der Waals surface area contributed by atoms with Crippen molar-refractivity contribution in [3.05, 3.63) is 64.6 Å². The number of hydrogen-bond acceptors (Lipinski definition) is 5. The third kappa shape index (κ3) is 4.25. The largest absolute Gasteiger partial charge is 0.485 e. The van der Waals surface area contributed by atoms with Crippen LogP contribution in [-0.4, -0.2) is 70.4 Å². The fourth-order valence-corrected chi connectivity index (χ4v) is 5.11. The van der Waals surface area contributed by atoms with Gasteiger partial charge in [-0.05, 0) is 51.1 Å². The summed E-state index contributed by atoms with van der Waals surface area (Å²) in [5.41, 5.74) is 2.15. The summed E-state index contributed by atoms with van der Waals surface area (Å²) in [6.07, 6.45) is 2.75. The highest BCUT2D eigenvalue weighted by Gasteiger charge is 2.36. The Balaban J connectivity index is 1.38. The molecular formula is C25H29F2N5O2. The number of imidazole rings is 1. The Labute approximate surface area is 197 Å². The number of nitrogens with zero attached hydrogens (tertiary/aromatic N) is 4. The topological polar surface area (TPSA) is 62.1 Å². The lowest BCUT2D eigenvalue weighted by atomic mass is 10.1. The number of fused-ring (bicyclic) bond motifs is 2. The molecule has 2 saturated heterocycles. The molecule has 0 saturated carbocycles. The highest BCUT2D eigenvalue weighted by molar-refractivity contribution is 5.95. The third-order valence-corrected chi connectivity index (χ3v) is 6.80. The van der Waals surface area contributed by atoms with Gasteiger partial charge in [-0.2, -0.15) is 0 Å². The Bertz CT molecular complexity index is 1220. The van der Waals surface area contributed by atoms with Gasteiger partial charge in [-0.1, -0.05) is 6.07 Å². The molecule has 0 radical (unpaired) electrons. The minimum Gasteiger partial charge on any atom is -0.485 e. The maximum Gasteiger partial charge on any atom is 0.270 e. The van der Waals surface area contributed by atoms with Gasteiger partial charge in [0, 0.05) is 44.5 Å². The molecule has 2 fully saturated rings. The number of carbonyl (C=O) groups excluding carboxylic acids is 1. The molecule has 4 heterocycles. The Morgan fingerprint density at radius 3 is 2.74 bits per heavy atom. The van der Waals surface area contributed by atoms with Gasteiger partial charge in [0.2, 0.25) is 0 Å². The minimum atomic E-state index is -0.665. The molecule has 1 amide bonds. The number of amides is 1. The number of benzene rings is 1. The zero-order valence-corrected chi connectivity index (χ0v) is 19.6. The van der Waals surface area contributed by atoms with Crippen LogP contribution < -0.4 is 10.1 Å². The van der Waals surface area contributed by atoms with Crippen molar-refractivity contribution in [2.24, 2.45) is 0 Å². The van der Waals surface area contributed by atoms with Crippen LogP contribution in [0.25, 0.3) is 5.65 Å². The second-order valence-electron chi connectivity index (χ2n) is 9.43. The monoisotopic (exact) mass is 469 g/mol. The fourth-order valence-electron chi connectivity index (χ4n) is 5.11. The Morgan fingerprint density at radius 1 is 1.21 bits per heavy atom. The molecule has 2 aliphatic heterocycles. The van der Waals surface area contributed by atoms with Crippen molar-refractivity contribution < 1.29 is 18.3 Å². The summed E-state index contributed by atoms with van der Waals surface area (Å²) >= 11 is 0. The Hall–Kier alpha value is -3.04. The fraction of sp³-hybridized carbons (Fsp3) is 0.440. The summed E-state index contributed by atoms with van der Waals surface area (Å²) in [4.78, 5) is 22.7. The van der Waals surface area contributed by atoms with E-state index in [1.54, 1.807) is 17.4 Å². The molecule has 1 N–H and O–H groups in total. The molecule has 180 valence electrons. The number of carbonyl (C=O) groups is 1. The first-order chi connectivity index (χ1) is 16.3. The summed E-state index contributed by atoms with van der Waals surface area (Å²) in [7, 11) is 2.13. The predicted octanol–water partition coefficient (Wildman–Crippen LogP) is 2.93. The van der Waals surface area contributed by atoms with Crippen LogP contribution in [-0.2, 0) is 6.61 Å². The Kier molecular flexibility index (Phi) is 5.99. The van der Waals surface area contributed by atoms with Crippen LogP contribution in [0.3, 0.4) is 0 Å². The lowest BCUT2D eigenvalue weighted by Gasteiger charge is -2.34. The number of pyridine rings is 1. The number of piperazine rings is 1. The van der Waals surface area contributed by atoms with E-state index in [-0.39, 0.29) is 24.1 Å². The highest BCUT2D eigenvalue weighted by Crippen LogP contribution is 2.27. The summed E-state index contributed by atoms with van der Waals surface area (Å²) in [6, 6.07) is 6.02. The number of hydrogen-bond donors (Lipinski definition) is 1. The average molecular weight is 470 g/mol. The summed E-state index contributed by atoms with van der Waals surface area (Å²) in [5.74, 6) is -1.14. The lowest BCUT2D eigenvalue weighted by Crippen LogP contribution is -2.48. The van der Waals surface area contributed by atoms with Gasteiger partial charge in [-0.25, -0.2) is 13.8 Å². The molecule has 5 rings (SSSR count). The molecule has 2 aliphatic rings. The molecule has 0 spiro atoms. The quantitative estimate of drug-likeness (QED) is 0.623. The third-order valence-electron chi connectivity index (χ3n) is 6.80. The van der Waals surface area contributed by atoms with Gasteiger partial charge in [0.15, 0.2) is 11.4 Å². The van der Waals surface area contributed by atoms with Crippen LogP contribution in [0.1, 0.15) is 33.7 Å². The highest BCUT2D eigenvalue weighted by atomic mass is 19.1. The summed E-state index contributed by atoms with van der Waals surface area (Å²) < 4.78 is 35.6. The van der Waals surface area contributed by atoms with E-state index in [1.165, 1.54) is 18.2 Å². The number of likely N-dealkylation sites (N-methyl/N-ethyl adjacent to an activating group) is 1. The van der Waals surface area contributed by atoms with Crippen molar-refractivity contribution in [2.75, 3.05) is 33.2 Å². The van der Waals surface area contributed by atoms with E-state index in [9.17, 15) is 13.6 Å². The van der Waals surface area contributed by atoms with Gasteiger partial charge >= 0.3 is 0 Å². The van der Waals surface area contributed by atoms with Crippen molar-refractivity contribution in [3.8, 4) is 5.75 Å². The van der Waals surface area contributed by atoms with Gasteiger partial charge in [0.25, 0.3) is 5.91 Å². The van der Waals surface area contributed by atoms with Gasteiger partial charge in [-0.3, -0.25) is 14.1 Å². The second kappa shape index (κ2) is 8.96. The minimum absolute atomic E-state index is 0.0820. The normalized spacial score (nSPS) is 21.1. The van der Waals surface area contributed by atoms with Crippen LogP contribution in [0.2, 0.25) is 0 Å². The van der Waals surface area contributed by atoms with Gasteiger partial charge in [0.05, 0.1) is 11.3 Å². The first-order valence-corrected chi connectivity index (χ1v) is 11.6. The second-order valence-corrected chi connectivity index (χ2v) is 9.43. The first kappa shape index (κ1) is 22.7. The standard InChI is InChI=1S/C25H29F2N5O2/c1-15-9-22(34-14-19-20(26)5-4-6-21(19)27)24-28-16(2)23(32(24)11-15)25(33)29-17-10-18-13-30(3)7-8-31(18)12-17/h4-6,9,11,17-18H,7-8,10,12-14H2,1-3H3,(H,29,33)/t17-,18-/m0/s1. The van der Waals surface area contributed by atoms with E-state index in [0.29, 0.717) is 28.8 Å². The van der Waals surface area contributed by atoms with Gasteiger partial charge < -0.3 is 15.0 Å². The molecule has 1 aromatic carbocycles. The van der Waals surface area contributed by atoms with E-state index < -0.39 is 11.6 Å². The maximum atomic E-state index is 14.0. The summed E-state index contributed by atoms with van der Waals surface area (Å²) in [5, 5.41) is 3.20. The molecule has 9 heteroatoms. The van der Waals surface area contributed by atoms with Crippen molar-refractivity contribution in [3.63, 3.8) is 0 Å². The van der Waals surface area contributed by atoms with Crippen molar-refractivity contribution in [1.82, 2.24) is 24.5 Å². The van der Waals surface area contributed by atoms with E-state index in [1.807, 2.05) is 13.1 Å². The number of aryl methyl sites for hydroxylation is 2. The molecule has 7 nitrogen and oxygen atoms in total. The molecular weight excluding hydrogens is 440 g/mol. The Morgan fingerprint density at radius 2 is 1.97 bits per heavy atom. The van der Waals surface area contributed by atoms with Crippen LogP contribution in [0.5, 0.6) is 5.75 Å². The van der Waals surface area contributed by atoms with Crippen LogP contribution in [0.15, 0.2) is 30.5 Å². The number of nitrogens with one attached hydrogen (secondary N) is 1. The molecule has 2 aromatic heterocycles. The summed E-state index contributed by atoms with van der Waals surface area (Å²) in [6.45, 7) is 7.31. The van der Waals surface area contributed by atoms with Crippen molar-refractivity contribution >= 4 is 11.6 Å². The number of ether oxygens (including phenoxy) is 1. The zero-order chi connectivity index (χ0) is 24.0. The molecule has 2 atom stereocenters. The molecule has 0 unspecified atom stereocenters. The van der Waals surface area contributed by atoms with Crippen molar-refractivity contribution in [2.45, 2.75) is 39.0 Å². The van der Waals surface area contributed by atoms with Gasteiger partial charge in [0.1, 0.15) is 23.9 Å². The molecule has 34 heavy (non-hydrogen) atoms. The average Bonchev–Trinajstić information content (AvgIpc) is 3.32. The zero-order valence-electron chi connectivity index (χ0n) is 19.6. The van der Waals surface area contributed by atoms with Crippen LogP contribution in [0, 0.1) is 25.5 Å². The molecule has 0 bridgehead atoms. The number of aromatic nitrogens is 2. The molecule has 3 aromatic rings. The first-order valence-electron chi connectivity index (χ1n) is 11.6. The van der Waals surface area contributed by atoms with Crippen LogP contribution in [0.4, 0.5) is 8.78 Å². The predicted molar refractivity (Wildman–Crippen MR) is 124 cm³/mol. The van der Waals surface area contributed by atoms with E-state index in [0.717, 1.165) is 38.2 Å². The SMILES string of the molecule is Cc1cc(OCc2c(F)cccc2F)c2nc(C)c(C(=O)N[C@H]3C[C@H]4CN(C)CCN4C3)n2c1. The number of halogens is 2. The number of rotatable bonds is 5. The van der Waals surface area contributed by atoms with E-state index >= 15 is 0 Å².